The molecule has 7 nitrogen and oxygen atoms in total. The Bertz CT molecular complexity index is 1010. The standard InChI is InChI=1S/C26H30N2O5/c1-2-13-26(24(30)31)14-7-16-28(26)23(29)12-15-27-25(32)33-17-22-20-10-5-3-8-18(20)19-9-4-6-11-21(19)22/h3-6,8-11,22H,2,7,12-17H2,1H3,(H,27,32)(H,30,31). The van der Waals surface area contributed by atoms with Crippen molar-refractivity contribution < 1.29 is 24.2 Å². The van der Waals surface area contributed by atoms with Gasteiger partial charge in [0.25, 0.3) is 0 Å². The number of hydrogen-bond donors (Lipinski definition) is 2. The maximum atomic E-state index is 12.7. The molecule has 1 unspecified atom stereocenters. The molecule has 1 aliphatic heterocycles. The van der Waals surface area contributed by atoms with Gasteiger partial charge in [-0.1, -0.05) is 61.9 Å². The van der Waals surface area contributed by atoms with Crippen LogP contribution in [0.4, 0.5) is 4.79 Å². The first-order valence-electron chi connectivity index (χ1n) is 11.6. The van der Waals surface area contributed by atoms with Crippen LogP contribution in [0.15, 0.2) is 48.5 Å². The number of fused-ring (bicyclic) bond motifs is 3. The molecule has 2 amide bonds. The first-order valence-corrected chi connectivity index (χ1v) is 11.6. The SMILES string of the molecule is CCCC1(C(=O)O)CCCN1C(=O)CCNC(=O)OCC1c2ccccc2-c2ccccc21. The molecule has 0 aromatic heterocycles. The number of carboxylic acid groups (broad SMARTS) is 1. The lowest BCUT2D eigenvalue weighted by Gasteiger charge is -2.34. The number of benzene rings is 2. The lowest BCUT2D eigenvalue weighted by molar-refractivity contribution is -0.157. The van der Waals surface area contributed by atoms with E-state index < -0.39 is 17.6 Å². The van der Waals surface area contributed by atoms with Gasteiger partial charge in [0.2, 0.25) is 5.91 Å². The number of alkyl carbamates (subject to hydrolysis) is 1. The lowest BCUT2D eigenvalue weighted by atomic mass is 9.90. The molecule has 2 N–H and O–H groups in total. The highest BCUT2D eigenvalue weighted by Crippen LogP contribution is 2.44. The fourth-order valence-corrected chi connectivity index (χ4v) is 5.30. The summed E-state index contributed by atoms with van der Waals surface area (Å²) in [7, 11) is 0. The third kappa shape index (κ3) is 4.32. The fraction of sp³-hybridized carbons (Fsp3) is 0.423. The topological polar surface area (TPSA) is 95.9 Å². The highest BCUT2D eigenvalue weighted by molar-refractivity contribution is 5.88. The minimum absolute atomic E-state index is 0.0281. The van der Waals surface area contributed by atoms with E-state index in [4.69, 9.17) is 4.74 Å². The van der Waals surface area contributed by atoms with E-state index in [1.807, 2.05) is 31.2 Å². The summed E-state index contributed by atoms with van der Waals surface area (Å²) >= 11 is 0. The summed E-state index contributed by atoms with van der Waals surface area (Å²) in [6, 6.07) is 16.2. The molecule has 0 saturated carbocycles. The highest BCUT2D eigenvalue weighted by atomic mass is 16.5. The summed E-state index contributed by atoms with van der Waals surface area (Å²) in [6.45, 7) is 2.67. The van der Waals surface area contributed by atoms with Crippen molar-refractivity contribution in [3.05, 3.63) is 59.7 Å². The Kier molecular flexibility index (Phi) is 6.67. The molecule has 1 heterocycles. The second kappa shape index (κ2) is 9.65. The number of hydrogen-bond acceptors (Lipinski definition) is 4. The molecule has 174 valence electrons. The third-order valence-electron chi connectivity index (χ3n) is 6.80. The average Bonchev–Trinajstić information content (AvgIpc) is 3.38. The van der Waals surface area contributed by atoms with E-state index in [1.165, 1.54) is 4.90 Å². The van der Waals surface area contributed by atoms with Crippen LogP contribution in [0, 0.1) is 0 Å². The van der Waals surface area contributed by atoms with Crippen LogP contribution >= 0.6 is 0 Å². The predicted molar refractivity (Wildman–Crippen MR) is 124 cm³/mol. The Hall–Kier alpha value is -3.35. The Morgan fingerprint density at radius 1 is 1.09 bits per heavy atom. The van der Waals surface area contributed by atoms with E-state index in [2.05, 4.69) is 29.6 Å². The molecule has 4 rings (SSSR count). The fourth-order valence-electron chi connectivity index (χ4n) is 5.30. The number of likely N-dealkylation sites (tertiary alicyclic amines) is 1. The maximum Gasteiger partial charge on any atom is 0.407 e. The first-order chi connectivity index (χ1) is 16.0. The van der Waals surface area contributed by atoms with Crippen molar-refractivity contribution in [2.24, 2.45) is 0 Å². The minimum atomic E-state index is -1.12. The summed E-state index contributed by atoms with van der Waals surface area (Å²) < 4.78 is 5.50. The van der Waals surface area contributed by atoms with Crippen LogP contribution in [-0.4, -0.2) is 53.2 Å². The van der Waals surface area contributed by atoms with Crippen molar-refractivity contribution in [1.82, 2.24) is 10.2 Å². The number of nitrogens with zero attached hydrogens (tertiary/aromatic N) is 1. The van der Waals surface area contributed by atoms with E-state index in [0.717, 1.165) is 22.3 Å². The molecule has 0 spiro atoms. The summed E-state index contributed by atoms with van der Waals surface area (Å²) in [5.74, 6) is -1.22. The Morgan fingerprint density at radius 3 is 2.33 bits per heavy atom. The van der Waals surface area contributed by atoms with Crippen LogP contribution in [0.1, 0.15) is 56.1 Å². The van der Waals surface area contributed by atoms with E-state index in [1.54, 1.807) is 0 Å². The molecular formula is C26H30N2O5. The third-order valence-corrected chi connectivity index (χ3v) is 6.80. The first kappa shape index (κ1) is 22.8. The quantitative estimate of drug-likeness (QED) is 0.630. The number of nitrogens with one attached hydrogen (secondary N) is 1. The van der Waals surface area contributed by atoms with Crippen molar-refractivity contribution in [3.63, 3.8) is 0 Å². The smallest absolute Gasteiger partial charge is 0.407 e. The number of carbonyl (C=O) groups is 3. The molecule has 1 fully saturated rings. The number of carboxylic acids is 1. The van der Waals surface area contributed by atoms with Gasteiger partial charge >= 0.3 is 12.1 Å². The van der Waals surface area contributed by atoms with Crippen molar-refractivity contribution in [3.8, 4) is 11.1 Å². The van der Waals surface area contributed by atoms with Gasteiger partial charge in [-0.15, -0.1) is 0 Å². The molecule has 2 aromatic carbocycles. The molecular weight excluding hydrogens is 420 g/mol. The maximum absolute atomic E-state index is 12.7. The van der Waals surface area contributed by atoms with Gasteiger partial charge in [-0.2, -0.15) is 0 Å². The summed E-state index contributed by atoms with van der Waals surface area (Å²) in [5.41, 5.74) is 3.48. The number of aliphatic carboxylic acids is 1. The molecule has 0 radical (unpaired) electrons. The molecule has 2 aliphatic rings. The van der Waals surface area contributed by atoms with Crippen LogP contribution < -0.4 is 5.32 Å². The molecule has 2 aromatic rings. The van der Waals surface area contributed by atoms with Crippen molar-refractivity contribution in [2.45, 2.75) is 50.5 Å². The van der Waals surface area contributed by atoms with E-state index >= 15 is 0 Å². The van der Waals surface area contributed by atoms with Crippen molar-refractivity contribution in [1.29, 1.82) is 0 Å². The van der Waals surface area contributed by atoms with Crippen LogP contribution in [0.2, 0.25) is 0 Å². The second-order valence-corrected chi connectivity index (χ2v) is 8.74. The lowest BCUT2D eigenvalue weighted by Crippen LogP contribution is -2.53. The summed E-state index contributed by atoms with van der Waals surface area (Å²) in [4.78, 5) is 38.4. The Labute approximate surface area is 193 Å². The van der Waals surface area contributed by atoms with Gasteiger partial charge in [0.05, 0.1) is 0 Å². The molecule has 1 aliphatic carbocycles. The zero-order chi connectivity index (χ0) is 23.4. The van der Waals surface area contributed by atoms with Gasteiger partial charge in [0, 0.05) is 25.4 Å². The summed E-state index contributed by atoms with van der Waals surface area (Å²) in [5, 5.41) is 12.4. The Morgan fingerprint density at radius 2 is 1.73 bits per heavy atom. The zero-order valence-corrected chi connectivity index (χ0v) is 18.9. The van der Waals surface area contributed by atoms with Gasteiger partial charge in [-0.3, -0.25) is 4.79 Å². The minimum Gasteiger partial charge on any atom is -0.479 e. The average molecular weight is 451 g/mol. The van der Waals surface area contributed by atoms with Crippen LogP contribution in [0.5, 0.6) is 0 Å². The Balaban J connectivity index is 1.30. The van der Waals surface area contributed by atoms with E-state index in [-0.39, 0.29) is 31.4 Å². The van der Waals surface area contributed by atoms with Gasteiger partial charge < -0.3 is 20.1 Å². The summed E-state index contributed by atoms with van der Waals surface area (Å²) in [6.07, 6.45) is 1.74. The van der Waals surface area contributed by atoms with Gasteiger partial charge in [-0.25, -0.2) is 9.59 Å². The largest absolute Gasteiger partial charge is 0.479 e. The molecule has 1 atom stereocenters. The van der Waals surface area contributed by atoms with Gasteiger partial charge in [-0.05, 0) is 41.5 Å². The van der Waals surface area contributed by atoms with Gasteiger partial charge in [0.1, 0.15) is 12.1 Å². The van der Waals surface area contributed by atoms with Crippen LogP contribution in [0.25, 0.3) is 11.1 Å². The highest BCUT2D eigenvalue weighted by Gasteiger charge is 2.48. The second-order valence-electron chi connectivity index (χ2n) is 8.74. The predicted octanol–water partition coefficient (Wildman–Crippen LogP) is 4.16. The monoisotopic (exact) mass is 450 g/mol. The molecule has 33 heavy (non-hydrogen) atoms. The van der Waals surface area contributed by atoms with E-state index in [0.29, 0.717) is 32.2 Å². The number of amides is 2. The molecule has 1 saturated heterocycles. The number of ether oxygens (including phenoxy) is 1. The van der Waals surface area contributed by atoms with Gasteiger partial charge in [0.15, 0.2) is 0 Å². The number of rotatable bonds is 8. The zero-order valence-electron chi connectivity index (χ0n) is 18.9. The van der Waals surface area contributed by atoms with Crippen LogP contribution in [0.3, 0.4) is 0 Å². The van der Waals surface area contributed by atoms with Crippen LogP contribution in [-0.2, 0) is 14.3 Å². The molecule has 7 heteroatoms. The van der Waals surface area contributed by atoms with Crippen molar-refractivity contribution >= 4 is 18.0 Å². The van der Waals surface area contributed by atoms with Crippen molar-refractivity contribution in [2.75, 3.05) is 19.7 Å². The number of carbonyl (C=O) groups excluding carboxylic acids is 2. The van der Waals surface area contributed by atoms with E-state index in [9.17, 15) is 19.5 Å². The molecule has 0 bridgehead atoms. The normalized spacial score (nSPS) is 19.1.